The van der Waals surface area contributed by atoms with E-state index in [0.29, 0.717) is 18.9 Å². The molecule has 0 unspecified atom stereocenters. The quantitative estimate of drug-likeness (QED) is 0.785. The Labute approximate surface area is 89.9 Å². The molecule has 15 heavy (non-hydrogen) atoms. The maximum atomic E-state index is 11.8. The van der Waals surface area contributed by atoms with E-state index in [9.17, 15) is 8.42 Å². The zero-order valence-corrected chi connectivity index (χ0v) is 9.93. The van der Waals surface area contributed by atoms with Gasteiger partial charge in [-0.05, 0) is 6.92 Å². The summed E-state index contributed by atoms with van der Waals surface area (Å²) in [6.45, 7) is 6.26. The lowest BCUT2D eigenvalue weighted by Gasteiger charge is -2.18. The van der Waals surface area contributed by atoms with Crippen molar-refractivity contribution in [1.29, 1.82) is 0 Å². The van der Waals surface area contributed by atoms with Gasteiger partial charge in [0.15, 0.2) is 0 Å². The molecule has 0 radical (unpaired) electrons. The van der Waals surface area contributed by atoms with E-state index in [2.05, 4.69) is 14.9 Å². The summed E-state index contributed by atoms with van der Waals surface area (Å²) >= 11 is 0. The molecule has 0 saturated carbocycles. The molecule has 0 bridgehead atoms. The number of nitrogens with zero attached hydrogens (tertiary/aromatic N) is 2. The van der Waals surface area contributed by atoms with Gasteiger partial charge in [-0.3, -0.25) is 9.82 Å². The van der Waals surface area contributed by atoms with Crippen molar-refractivity contribution >= 4 is 16.0 Å². The lowest BCUT2D eigenvalue weighted by molar-refractivity contribution is 0.449. The molecule has 0 saturated heterocycles. The fourth-order valence-corrected chi connectivity index (χ4v) is 2.48. The van der Waals surface area contributed by atoms with Crippen LogP contribution in [0.4, 0.5) is 5.82 Å². The molecule has 1 aromatic heterocycles. The third-order valence-corrected chi connectivity index (χ3v) is 3.76. The second kappa shape index (κ2) is 4.63. The van der Waals surface area contributed by atoms with Crippen LogP contribution in [0.2, 0.25) is 0 Å². The van der Waals surface area contributed by atoms with Crippen LogP contribution >= 0.6 is 0 Å². The Morgan fingerprint density at radius 2 is 2.07 bits per heavy atom. The number of aromatic amines is 1. The standard InChI is InChI=1S/C8H16N4O2S/c1-4-12(5-2)15(13,14)11-8-7(3)6-9-10-8/h6H,4-5H2,1-3H3,(H2,9,10,11). The third-order valence-electron chi connectivity index (χ3n) is 2.11. The Morgan fingerprint density at radius 3 is 2.47 bits per heavy atom. The fourth-order valence-electron chi connectivity index (χ4n) is 1.21. The number of anilines is 1. The lowest BCUT2D eigenvalue weighted by atomic mass is 10.4. The van der Waals surface area contributed by atoms with Crippen LogP contribution in [0.25, 0.3) is 0 Å². The van der Waals surface area contributed by atoms with Gasteiger partial charge in [0.2, 0.25) is 0 Å². The molecular weight excluding hydrogens is 216 g/mol. The van der Waals surface area contributed by atoms with E-state index in [4.69, 9.17) is 0 Å². The smallest absolute Gasteiger partial charge is 0.262 e. The molecule has 0 aromatic carbocycles. The number of H-pyrrole nitrogens is 1. The van der Waals surface area contributed by atoms with Crippen molar-refractivity contribution < 1.29 is 8.42 Å². The van der Waals surface area contributed by atoms with E-state index < -0.39 is 10.2 Å². The Balaban J connectivity index is 2.86. The highest BCUT2D eigenvalue weighted by Gasteiger charge is 2.19. The molecule has 0 aliphatic rings. The van der Waals surface area contributed by atoms with Gasteiger partial charge < -0.3 is 0 Å². The second-order valence-electron chi connectivity index (χ2n) is 3.12. The van der Waals surface area contributed by atoms with E-state index in [-0.39, 0.29) is 0 Å². The summed E-state index contributed by atoms with van der Waals surface area (Å²) in [5.41, 5.74) is 0.769. The molecule has 1 heterocycles. The van der Waals surface area contributed by atoms with Crippen LogP contribution in [0.1, 0.15) is 19.4 Å². The third kappa shape index (κ3) is 2.69. The monoisotopic (exact) mass is 232 g/mol. The van der Waals surface area contributed by atoms with Gasteiger partial charge in [0.05, 0.1) is 6.20 Å². The van der Waals surface area contributed by atoms with Crippen LogP contribution in [0.3, 0.4) is 0 Å². The molecule has 0 fully saturated rings. The summed E-state index contributed by atoms with van der Waals surface area (Å²) in [5.74, 6) is 0.418. The first kappa shape index (κ1) is 12.0. The predicted molar refractivity (Wildman–Crippen MR) is 58.8 cm³/mol. The van der Waals surface area contributed by atoms with Crippen molar-refractivity contribution in [2.45, 2.75) is 20.8 Å². The summed E-state index contributed by atoms with van der Waals surface area (Å²) in [5, 5.41) is 6.34. The van der Waals surface area contributed by atoms with Crippen molar-refractivity contribution in [2.24, 2.45) is 0 Å². The van der Waals surface area contributed by atoms with Gasteiger partial charge in [-0.2, -0.15) is 17.8 Å². The topological polar surface area (TPSA) is 78.1 Å². The molecular formula is C8H16N4O2S. The number of hydrogen-bond acceptors (Lipinski definition) is 3. The van der Waals surface area contributed by atoms with Gasteiger partial charge in [-0.1, -0.05) is 13.8 Å². The van der Waals surface area contributed by atoms with Crippen molar-refractivity contribution in [3.63, 3.8) is 0 Å². The number of aryl methyl sites for hydroxylation is 1. The van der Waals surface area contributed by atoms with E-state index in [0.717, 1.165) is 5.56 Å². The molecule has 0 spiro atoms. The zero-order valence-electron chi connectivity index (χ0n) is 9.11. The van der Waals surface area contributed by atoms with Crippen molar-refractivity contribution in [3.8, 4) is 0 Å². The lowest BCUT2D eigenvalue weighted by Crippen LogP contribution is -2.35. The number of nitrogens with one attached hydrogen (secondary N) is 2. The molecule has 0 atom stereocenters. The van der Waals surface area contributed by atoms with Crippen LogP contribution in [-0.2, 0) is 10.2 Å². The Kier molecular flexibility index (Phi) is 3.70. The van der Waals surface area contributed by atoms with Crippen LogP contribution in [0.5, 0.6) is 0 Å². The first-order chi connectivity index (χ1) is 7.01. The molecule has 6 nitrogen and oxygen atoms in total. The minimum absolute atomic E-state index is 0.418. The highest BCUT2D eigenvalue weighted by molar-refractivity contribution is 7.90. The molecule has 2 N–H and O–H groups in total. The minimum atomic E-state index is -3.46. The first-order valence-corrected chi connectivity index (χ1v) is 6.23. The molecule has 0 aliphatic heterocycles. The van der Waals surface area contributed by atoms with Crippen LogP contribution < -0.4 is 4.72 Å². The molecule has 1 aromatic rings. The second-order valence-corrected chi connectivity index (χ2v) is 4.79. The van der Waals surface area contributed by atoms with E-state index in [1.807, 2.05) is 0 Å². The number of rotatable bonds is 5. The van der Waals surface area contributed by atoms with Gasteiger partial charge in [0.1, 0.15) is 5.82 Å². The fraction of sp³-hybridized carbons (Fsp3) is 0.625. The Bertz CT molecular complexity index is 408. The summed E-state index contributed by atoms with van der Waals surface area (Å²) in [6.07, 6.45) is 1.57. The summed E-state index contributed by atoms with van der Waals surface area (Å²) in [6, 6.07) is 0. The molecule has 0 aliphatic carbocycles. The highest BCUT2D eigenvalue weighted by Crippen LogP contribution is 2.12. The van der Waals surface area contributed by atoms with E-state index in [1.54, 1.807) is 27.0 Å². The van der Waals surface area contributed by atoms with Gasteiger partial charge in [-0.25, -0.2) is 0 Å². The average Bonchev–Trinajstić information content (AvgIpc) is 2.52. The Hall–Kier alpha value is -1.08. The maximum absolute atomic E-state index is 11.8. The van der Waals surface area contributed by atoms with Gasteiger partial charge in [0, 0.05) is 18.7 Å². The van der Waals surface area contributed by atoms with Crippen molar-refractivity contribution in [2.75, 3.05) is 17.8 Å². The van der Waals surface area contributed by atoms with E-state index in [1.165, 1.54) is 4.31 Å². The summed E-state index contributed by atoms with van der Waals surface area (Å²) in [7, 11) is -3.46. The van der Waals surface area contributed by atoms with Crippen molar-refractivity contribution in [1.82, 2.24) is 14.5 Å². The number of aromatic nitrogens is 2. The molecule has 86 valence electrons. The Morgan fingerprint density at radius 1 is 1.47 bits per heavy atom. The summed E-state index contributed by atoms with van der Waals surface area (Å²) < 4.78 is 27.3. The normalized spacial score (nSPS) is 12.0. The summed E-state index contributed by atoms with van der Waals surface area (Å²) in [4.78, 5) is 0. The van der Waals surface area contributed by atoms with Crippen LogP contribution in [0.15, 0.2) is 6.20 Å². The zero-order chi connectivity index (χ0) is 11.5. The van der Waals surface area contributed by atoms with Crippen LogP contribution in [-0.4, -0.2) is 36.0 Å². The van der Waals surface area contributed by atoms with Crippen LogP contribution in [0, 0.1) is 6.92 Å². The highest BCUT2D eigenvalue weighted by atomic mass is 32.2. The van der Waals surface area contributed by atoms with Crippen molar-refractivity contribution in [3.05, 3.63) is 11.8 Å². The van der Waals surface area contributed by atoms with E-state index >= 15 is 0 Å². The maximum Gasteiger partial charge on any atom is 0.302 e. The van der Waals surface area contributed by atoms with Gasteiger partial charge >= 0.3 is 10.2 Å². The molecule has 0 amide bonds. The molecule has 1 rings (SSSR count). The predicted octanol–water partition coefficient (Wildman–Crippen LogP) is 0.717. The first-order valence-electron chi connectivity index (χ1n) is 4.79. The molecule has 7 heteroatoms. The van der Waals surface area contributed by atoms with Gasteiger partial charge in [-0.15, -0.1) is 0 Å². The SMILES string of the molecule is CCN(CC)S(=O)(=O)Nc1[nH]ncc1C. The average molecular weight is 232 g/mol. The largest absolute Gasteiger partial charge is 0.302 e. The van der Waals surface area contributed by atoms with Gasteiger partial charge in [0.25, 0.3) is 0 Å². The minimum Gasteiger partial charge on any atom is -0.262 e. The number of hydrogen-bond donors (Lipinski definition) is 2.